The highest BCUT2D eigenvalue weighted by Gasteiger charge is 2.22. The van der Waals surface area contributed by atoms with E-state index in [4.69, 9.17) is 4.52 Å². The molecule has 0 fully saturated rings. The van der Waals surface area contributed by atoms with E-state index in [-0.39, 0.29) is 16.7 Å². The van der Waals surface area contributed by atoms with E-state index in [1.807, 2.05) is 0 Å². The lowest BCUT2D eigenvalue weighted by atomic mass is 9.98. The van der Waals surface area contributed by atoms with E-state index in [1.54, 1.807) is 32.9 Å². The Hall–Kier alpha value is -2.19. The Morgan fingerprint density at radius 1 is 1.25 bits per heavy atom. The van der Waals surface area contributed by atoms with Crippen LogP contribution >= 0.6 is 0 Å². The number of nitrogens with one attached hydrogen (secondary N) is 2. The maximum Gasteiger partial charge on any atom is 0.240 e. The number of aryl methyl sites for hydroxylation is 2. The van der Waals surface area contributed by atoms with Crippen LogP contribution in [-0.4, -0.2) is 26.5 Å². The molecule has 7 nitrogen and oxygen atoms in total. The van der Waals surface area contributed by atoms with Crippen molar-refractivity contribution in [2.45, 2.75) is 38.1 Å². The lowest BCUT2D eigenvalue weighted by Crippen LogP contribution is -2.28. The maximum absolute atomic E-state index is 12.3. The lowest BCUT2D eigenvalue weighted by molar-refractivity contribution is -0.122. The molecule has 0 saturated carbocycles. The number of rotatable bonds is 6. The zero-order valence-corrected chi connectivity index (χ0v) is 14.9. The minimum absolute atomic E-state index is 0.142. The van der Waals surface area contributed by atoms with Gasteiger partial charge in [0.05, 0.1) is 16.5 Å². The van der Waals surface area contributed by atoms with E-state index in [2.05, 4.69) is 15.2 Å². The minimum atomic E-state index is -3.45. The summed E-state index contributed by atoms with van der Waals surface area (Å²) in [6, 6.07) is 6.35. The largest absolute Gasteiger partial charge is 0.361 e. The molecule has 1 aromatic carbocycles. The van der Waals surface area contributed by atoms with Crippen LogP contribution in [0.2, 0.25) is 0 Å². The van der Waals surface area contributed by atoms with Gasteiger partial charge in [-0.15, -0.1) is 0 Å². The monoisotopic (exact) mass is 351 g/mol. The van der Waals surface area contributed by atoms with E-state index in [0.717, 1.165) is 11.1 Å². The van der Waals surface area contributed by atoms with Crippen molar-refractivity contribution in [1.29, 1.82) is 0 Å². The molecular weight excluding hydrogens is 330 g/mol. The Morgan fingerprint density at radius 2 is 1.88 bits per heavy atom. The predicted octanol–water partition coefficient (Wildman–Crippen LogP) is 1.62. The molecule has 1 aromatic heterocycles. The average Bonchev–Trinajstić information content (AvgIpc) is 2.91. The molecule has 0 spiro atoms. The number of carbonyl (C=O) groups excluding carboxylic acids is 1. The highest BCUT2D eigenvalue weighted by atomic mass is 32.2. The zero-order valence-electron chi connectivity index (χ0n) is 14.1. The topological polar surface area (TPSA) is 101 Å². The van der Waals surface area contributed by atoms with Crippen molar-refractivity contribution in [1.82, 2.24) is 15.2 Å². The van der Waals surface area contributed by atoms with E-state index in [1.165, 1.54) is 19.2 Å². The standard InChI is InChI=1S/C16H21N3O4S/c1-10(15-11(2)19-23-12(15)3)16(20)18-9-13-5-7-14(8-6-13)24(21,22)17-4/h5-8,10,17H,9H2,1-4H3,(H,18,20). The maximum atomic E-state index is 12.3. The summed E-state index contributed by atoms with van der Waals surface area (Å²) in [6.07, 6.45) is 0. The second-order valence-electron chi connectivity index (χ2n) is 5.53. The number of nitrogens with zero attached hydrogens (tertiary/aromatic N) is 1. The van der Waals surface area contributed by atoms with Crippen molar-refractivity contribution < 1.29 is 17.7 Å². The van der Waals surface area contributed by atoms with Crippen LogP contribution in [0.25, 0.3) is 0 Å². The Bertz CT molecular complexity index is 806. The molecule has 1 heterocycles. The van der Waals surface area contributed by atoms with Gasteiger partial charge in [-0.25, -0.2) is 13.1 Å². The molecule has 0 aliphatic carbocycles. The summed E-state index contributed by atoms with van der Waals surface area (Å²) in [5, 5.41) is 6.70. The van der Waals surface area contributed by atoms with Crippen LogP contribution in [0.1, 0.15) is 35.4 Å². The average molecular weight is 351 g/mol. The zero-order chi connectivity index (χ0) is 17.9. The number of benzene rings is 1. The molecule has 1 amide bonds. The molecule has 24 heavy (non-hydrogen) atoms. The third-order valence-electron chi connectivity index (χ3n) is 3.88. The number of amides is 1. The number of aromatic nitrogens is 1. The van der Waals surface area contributed by atoms with Crippen molar-refractivity contribution in [3.8, 4) is 0 Å². The van der Waals surface area contributed by atoms with Gasteiger partial charge in [0.2, 0.25) is 15.9 Å². The minimum Gasteiger partial charge on any atom is -0.361 e. The third kappa shape index (κ3) is 3.82. The molecule has 0 aliphatic heterocycles. The van der Waals surface area contributed by atoms with Crippen LogP contribution in [0.5, 0.6) is 0 Å². The van der Waals surface area contributed by atoms with Crippen molar-refractivity contribution >= 4 is 15.9 Å². The molecule has 0 bridgehead atoms. The number of sulfonamides is 1. The van der Waals surface area contributed by atoms with Crippen molar-refractivity contribution in [2.24, 2.45) is 0 Å². The van der Waals surface area contributed by atoms with Crippen LogP contribution in [-0.2, 0) is 21.4 Å². The number of hydrogen-bond donors (Lipinski definition) is 2. The van der Waals surface area contributed by atoms with Gasteiger partial charge < -0.3 is 9.84 Å². The summed E-state index contributed by atoms with van der Waals surface area (Å²) in [4.78, 5) is 12.5. The fourth-order valence-corrected chi connectivity index (χ4v) is 3.22. The summed E-state index contributed by atoms with van der Waals surface area (Å²) < 4.78 is 30.7. The molecule has 8 heteroatoms. The van der Waals surface area contributed by atoms with Gasteiger partial charge in [-0.1, -0.05) is 17.3 Å². The van der Waals surface area contributed by atoms with Crippen LogP contribution in [0, 0.1) is 13.8 Å². The summed E-state index contributed by atoms with van der Waals surface area (Å²) >= 11 is 0. The normalized spacial score (nSPS) is 12.8. The second-order valence-corrected chi connectivity index (χ2v) is 7.42. The van der Waals surface area contributed by atoms with Gasteiger partial charge >= 0.3 is 0 Å². The molecule has 0 saturated heterocycles. The first kappa shape index (κ1) is 18.2. The first-order valence-electron chi connectivity index (χ1n) is 7.49. The highest BCUT2D eigenvalue weighted by Crippen LogP contribution is 2.23. The third-order valence-corrected chi connectivity index (χ3v) is 5.31. The van der Waals surface area contributed by atoms with Crippen LogP contribution in [0.4, 0.5) is 0 Å². The second kappa shape index (κ2) is 7.14. The smallest absolute Gasteiger partial charge is 0.240 e. The van der Waals surface area contributed by atoms with Crippen molar-refractivity contribution in [3.05, 3.63) is 46.8 Å². The summed E-state index contributed by atoms with van der Waals surface area (Å²) in [5.41, 5.74) is 2.31. The molecule has 1 unspecified atom stereocenters. The van der Waals surface area contributed by atoms with E-state index in [9.17, 15) is 13.2 Å². The molecule has 2 rings (SSSR count). The van der Waals surface area contributed by atoms with Crippen molar-refractivity contribution in [2.75, 3.05) is 7.05 Å². The van der Waals surface area contributed by atoms with Gasteiger partial charge in [-0.05, 0) is 45.5 Å². The van der Waals surface area contributed by atoms with Crippen LogP contribution in [0.15, 0.2) is 33.7 Å². The molecule has 0 aliphatic rings. The molecule has 2 N–H and O–H groups in total. The SMILES string of the molecule is CNS(=O)(=O)c1ccc(CNC(=O)C(C)c2c(C)noc2C)cc1. The van der Waals surface area contributed by atoms with Gasteiger partial charge in [-0.2, -0.15) is 0 Å². The van der Waals surface area contributed by atoms with Gasteiger partial charge in [0.25, 0.3) is 0 Å². The van der Waals surface area contributed by atoms with Crippen molar-refractivity contribution in [3.63, 3.8) is 0 Å². The molecule has 130 valence electrons. The predicted molar refractivity (Wildman–Crippen MR) is 88.9 cm³/mol. The quantitative estimate of drug-likeness (QED) is 0.823. The fraction of sp³-hybridized carbons (Fsp3) is 0.375. The Morgan fingerprint density at radius 3 is 2.38 bits per heavy atom. The first-order valence-corrected chi connectivity index (χ1v) is 8.97. The Kier molecular flexibility index (Phi) is 5.40. The number of hydrogen-bond acceptors (Lipinski definition) is 5. The lowest BCUT2D eigenvalue weighted by Gasteiger charge is -2.12. The van der Waals surface area contributed by atoms with E-state index in [0.29, 0.717) is 18.0 Å². The summed E-state index contributed by atoms with van der Waals surface area (Å²) in [5.74, 6) is 0.119. The number of carbonyl (C=O) groups is 1. The van der Waals surface area contributed by atoms with Gasteiger partial charge in [0.15, 0.2) is 0 Å². The van der Waals surface area contributed by atoms with Crippen LogP contribution in [0.3, 0.4) is 0 Å². The molecule has 1 atom stereocenters. The summed E-state index contributed by atoms with van der Waals surface area (Å²) in [6.45, 7) is 5.69. The molecular formula is C16H21N3O4S. The van der Waals surface area contributed by atoms with Gasteiger partial charge in [-0.3, -0.25) is 4.79 Å². The molecule has 0 radical (unpaired) electrons. The van der Waals surface area contributed by atoms with E-state index < -0.39 is 10.0 Å². The van der Waals surface area contributed by atoms with Gasteiger partial charge in [0.1, 0.15) is 5.76 Å². The molecule has 2 aromatic rings. The highest BCUT2D eigenvalue weighted by molar-refractivity contribution is 7.89. The van der Waals surface area contributed by atoms with Crippen LogP contribution < -0.4 is 10.0 Å². The summed E-state index contributed by atoms with van der Waals surface area (Å²) in [7, 11) is -2.09. The Balaban J connectivity index is 2.02. The first-order chi connectivity index (χ1) is 11.3. The Labute approximate surface area is 141 Å². The van der Waals surface area contributed by atoms with E-state index >= 15 is 0 Å². The fourth-order valence-electron chi connectivity index (χ4n) is 2.49. The van der Waals surface area contributed by atoms with Gasteiger partial charge in [0, 0.05) is 12.1 Å².